The minimum atomic E-state index is 0.131. The maximum absolute atomic E-state index is 7.24. The van der Waals surface area contributed by atoms with Crippen LogP contribution in [0.5, 0.6) is 5.75 Å². The van der Waals surface area contributed by atoms with Crippen LogP contribution >= 0.6 is 0 Å². The number of benzene rings is 1. The average molecular weight is 193 g/mol. The van der Waals surface area contributed by atoms with Crippen molar-refractivity contribution in [3.63, 3.8) is 0 Å². The van der Waals surface area contributed by atoms with Crippen molar-refractivity contribution >= 4 is 5.90 Å². The third kappa shape index (κ3) is 3.09. The van der Waals surface area contributed by atoms with Crippen molar-refractivity contribution in [2.45, 2.75) is 13.3 Å². The van der Waals surface area contributed by atoms with E-state index in [2.05, 4.69) is 17.7 Å². The molecule has 0 saturated carbocycles. The van der Waals surface area contributed by atoms with Crippen LogP contribution in [0.3, 0.4) is 0 Å². The van der Waals surface area contributed by atoms with Crippen molar-refractivity contribution in [3.05, 3.63) is 29.8 Å². The molecular formula is C11H15NO2. The van der Waals surface area contributed by atoms with Gasteiger partial charge in [0, 0.05) is 0 Å². The van der Waals surface area contributed by atoms with Crippen LogP contribution < -0.4 is 4.74 Å². The van der Waals surface area contributed by atoms with Crippen molar-refractivity contribution < 1.29 is 9.47 Å². The van der Waals surface area contributed by atoms with Gasteiger partial charge in [-0.05, 0) is 24.1 Å². The van der Waals surface area contributed by atoms with Gasteiger partial charge in [0.05, 0.1) is 7.11 Å². The maximum Gasteiger partial charge on any atom is 0.219 e. The zero-order valence-electron chi connectivity index (χ0n) is 8.54. The molecule has 1 N–H and O–H groups in total. The lowest BCUT2D eigenvalue weighted by Crippen LogP contribution is -2.11. The number of methoxy groups -OCH3 is 1. The first-order valence-corrected chi connectivity index (χ1v) is 4.59. The molecule has 0 aliphatic rings. The largest absolute Gasteiger partial charge is 0.484 e. The van der Waals surface area contributed by atoms with Crippen molar-refractivity contribution in [2.24, 2.45) is 0 Å². The Morgan fingerprint density at radius 3 is 2.86 bits per heavy atom. The van der Waals surface area contributed by atoms with Crippen molar-refractivity contribution in [1.29, 1.82) is 5.41 Å². The Morgan fingerprint density at radius 1 is 1.43 bits per heavy atom. The molecule has 0 fully saturated rings. The third-order valence-corrected chi connectivity index (χ3v) is 1.92. The molecule has 0 saturated heterocycles. The molecule has 0 atom stereocenters. The van der Waals surface area contributed by atoms with Gasteiger partial charge >= 0.3 is 0 Å². The molecule has 1 aromatic rings. The van der Waals surface area contributed by atoms with E-state index < -0.39 is 0 Å². The fourth-order valence-electron chi connectivity index (χ4n) is 1.06. The summed E-state index contributed by atoms with van der Waals surface area (Å²) < 4.78 is 10.0. The summed E-state index contributed by atoms with van der Waals surface area (Å²) in [5.41, 5.74) is 1.23. The molecule has 3 heteroatoms. The molecule has 0 amide bonds. The van der Waals surface area contributed by atoms with Gasteiger partial charge in [0.2, 0.25) is 5.90 Å². The quantitative estimate of drug-likeness (QED) is 0.588. The van der Waals surface area contributed by atoms with Gasteiger partial charge in [-0.2, -0.15) is 0 Å². The van der Waals surface area contributed by atoms with Crippen LogP contribution in [0.1, 0.15) is 12.5 Å². The number of hydrogen-bond donors (Lipinski definition) is 1. The zero-order chi connectivity index (χ0) is 10.4. The van der Waals surface area contributed by atoms with Gasteiger partial charge in [0.15, 0.2) is 6.61 Å². The molecule has 1 rings (SSSR count). The minimum Gasteiger partial charge on any atom is -0.484 e. The number of rotatable bonds is 4. The predicted molar refractivity (Wildman–Crippen MR) is 56.1 cm³/mol. The van der Waals surface area contributed by atoms with Gasteiger partial charge < -0.3 is 9.47 Å². The summed E-state index contributed by atoms with van der Waals surface area (Å²) >= 11 is 0. The van der Waals surface area contributed by atoms with E-state index >= 15 is 0 Å². The Morgan fingerprint density at radius 2 is 2.21 bits per heavy atom. The van der Waals surface area contributed by atoms with Crippen molar-refractivity contribution in [3.8, 4) is 5.75 Å². The number of aryl methyl sites for hydroxylation is 1. The van der Waals surface area contributed by atoms with Crippen LogP contribution in [0.25, 0.3) is 0 Å². The smallest absolute Gasteiger partial charge is 0.219 e. The summed E-state index contributed by atoms with van der Waals surface area (Å²) in [6, 6.07) is 7.85. The Labute approximate surface area is 84.2 Å². The van der Waals surface area contributed by atoms with Crippen LogP contribution in [-0.4, -0.2) is 19.6 Å². The summed E-state index contributed by atoms with van der Waals surface area (Å²) in [6.45, 7) is 2.28. The second-order valence-electron chi connectivity index (χ2n) is 2.92. The van der Waals surface area contributed by atoms with Gasteiger partial charge in [-0.1, -0.05) is 19.1 Å². The fraction of sp³-hybridized carbons (Fsp3) is 0.364. The molecule has 14 heavy (non-hydrogen) atoms. The van der Waals surface area contributed by atoms with Crippen LogP contribution in [0, 0.1) is 5.41 Å². The standard InChI is InChI=1S/C11H15NO2/c1-3-9-5-4-6-10(7-9)14-8-11(12)13-2/h4-7,12H,3,8H2,1-2H3. The molecule has 0 aromatic heterocycles. The Hall–Kier alpha value is -1.51. The summed E-state index contributed by atoms with van der Waals surface area (Å²) in [7, 11) is 1.47. The van der Waals surface area contributed by atoms with E-state index in [0.29, 0.717) is 0 Å². The summed E-state index contributed by atoms with van der Waals surface area (Å²) in [5, 5.41) is 7.24. The first-order valence-electron chi connectivity index (χ1n) is 4.59. The van der Waals surface area contributed by atoms with Gasteiger partial charge in [0.25, 0.3) is 0 Å². The average Bonchev–Trinajstić information content (AvgIpc) is 2.26. The summed E-state index contributed by atoms with van der Waals surface area (Å²) in [6.07, 6.45) is 0.985. The molecule has 76 valence electrons. The topological polar surface area (TPSA) is 42.3 Å². The van der Waals surface area contributed by atoms with E-state index in [1.165, 1.54) is 12.7 Å². The molecule has 0 heterocycles. The molecular weight excluding hydrogens is 178 g/mol. The molecule has 0 spiro atoms. The van der Waals surface area contributed by atoms with E-state index in [4.69, 9.17) is 10.1 Å². The van der Waals surface area contributed by atoms with E-state index in [1.54, 1.807) is 0 Å². The van der Waals surface area contributed by atoms with Gasteiger partial charge in [-0.15, -0.1) is 0 Å². The normalized spacial score (nSPS) is 9.57. The Bertz CT molecular complexity index is 310. The van der Waals surface area contributed by atoms with E-state index in [1.807, 2.05) is 18.2 Å². The third-order valence-electron chi connectivity index (χ3n) is 1.92. The second kappa shape index (κ2) is 5.27. The second-order valence-corrected chi connectivity index (χ2v) is 2.92. The highest BCUT2D eigenvalue weighted by Gasteiger charge is 1.98. The molecule has 3 nitrogen and oxygen atoms in total. The van der Waals surface area contributed by atoms with E-state index in [-0.39, 0.29) is 12.5 Å². The van der Waals surface area contributed by atoms with E-state index in [9.17, 15) is 0 Å². The first-order chi connectivity index (χ1) is 6.76. The van der Waals surface area contributed by atoms with E-state index in [0.717, 1.165) is 12.2 Å². The SMILES string of the molecule is CCc1cccc(OCC(=N)OC)c1. The minimum absolute atomic E-state index is 0.131. The van der Waals surface area contributed by atoms with Crippen LogP contribution in [-0.2, 0) is 11.2 Å². The van der Waals surface area contributed by atoms with Crippen molar-refractivity contribution in [2.75, 3.05) is 13.7 Å². The lowest BCUT2D eigenvalue weighted by molar-refractivity contribution is 0.309. The van der Waals surface area contributed by atoms with Crippen molar-refractivity contribution in [1.82, 2.24) is 0 Å². The number of ether oxygens (including phenoxy) is 2. The van der Waals surface area contributed by atoms with Crippen LogP contribution in [0.4, 0.5) is 0 Å². The highest BCUT2D eigenvalue weighted by Crippen LogP contribution is 2.13. The monoisotopic (exact) mass is 193 g/mol. The molecule has 0 aliphatic heterocycles. The molecule has 0 bridgehead atoms. The van der Waals surface area contributed by atoms with Gasteiger partial charge in [-0.3, -0.25) is 5.41 Å². The summed E-state index contributed by atoms with van der Waals surface area (Å²) in [4.78, 5) is 0. The maximum atomic E-state index is 7.24. The molecule has 0 unspecified atom stereocenters. The zero-order valence-corrected chi connectivity index (χ0v) is 8.54. The molecule has 0 radical (unpaired) electrons. The predicted octanol–water partition coefficient (Wildman–Crippen LogP) is 2.25. The fourth-order valence-corrected chi connectivity index (χ4v) is 1.06. The van der Waals surface area contributed by atoms with Gasteiger partial charge in [0.1, 0.15) is 5.75 Å². The highest BCUT2D eigenvalue weighted by molar-refractivity contribution is 5.73. The van der Waals surface area contributed by atoms with Gasteiger partial charge in [-0.25, -0.2) is 0 Å². The number of nitrogens with one attached hydrogen (secondary N) is 1. The highest BCUT2D eigenvalue weighted by atomic mass is 16.5. The molecule has 1 aromatic carbocycles. The van der Waals surface area contributed by atoms with Crippen LogP contribution in [0.15, 0.2) is 24.3 Å². The van der Waals surface area contributed by atoms with Crippen LogP contribution in [0.2, 0.25) is 0 Å². The lowest BCUT2D eigenvalue weighted by atomic mass is 10.2. The Kier molecular flexibility index (Phi) is 3.98. The first kappa shape index (κ1) is 10.6. The number of hydrogen-bond acceptors (Lipinski definition) is 3. The summed E-state index contributed by atoms with van der Waals surface area (Å²) in [5.74, 6) is 0.915. The lowest BCUT2D eigenvalue weighted by Gasteiger charge is -2.07. The Balaban J connectivity index is 2.54. The molecule has 0 aliphatic carbocycles.